The van der Waals surface area contributed by atoms with Gasteiger partial charge in [-0.05, 0) is 29.8 Å². The van der Waals surface area contributed by atoms with E-state index < -0.39 is 44.0 Å². The molecule has 0 heterocycles. The van der Waals surface area contributed by atoms with Gasteiger partial charge in [-0.15, -0.1) is 0 Å². The van der Waals surface area contributed by atoms with E-state index in [1.807, 2.05) is 0 Å². The summed E-state index contributed by atoms with van der Waals surface area (Å²) in [4.78, 5) is 12.0. The normalized spacial score (nSPS) is 12.5. The topological polar surface area (TPSA) is 111 Å². The maximum absolute atomic E-state index is 13.1. The first-order chi connectivity index (χ1) is 12.6. The molecule has 0 aliphatic rings. The molecule has 2 aromatic rings. The molecular formula is C17H10F3N3O3S. The Balaban J connectivity index is 2.43. The second kappa shape index (κ2) is 7.48. The van der Waals surface area contributed by atoms with Crippen molar-refractivity contribution in [3.63, 3.8) is 0 Å². The summed E-state index contributed by atoms with van der Waals surface area (Å²) in [6, 6.07) is 12.1. The molecule has 2 aromatic carbocycles. The number of sulfonamides is 1. The number of alkyl halides is 3. The van der Waals surface area contributed by atoms with Crippen LogP contribution in [0.25, 0.3) is 0 Å². The van der Waals surface area contributed by atoms with Gasteiger partial charge in [0.2, 0.25) is 0 Å². The Kier molecular flexibility index (Phi) is 5.52. The maximum Gasteiger partial charge on any atom is 0.417 e. The Hall–Kier alpha value is -3.37. The number of nitriles is 2. The molecule has 0 aliphatic carbocycles. The number of benzene rings is 2. The first kappa shape index (κ1) is 19.9. The van der Waals surface area contributed by atoms with Gasteiger partial charge in [0.1, 0.15) is 0 Å². The van der Waals surface area contributed by atoms with Crippen molar-refractivity contribution in [2.24, 2.45) is 0 Å². The number of carbonyl (C=O) groups excluding carboxylic acids is 1. The smallest absolute Gasteiger partial charge is 0.268 e. The zero-order valence-corrected chi connectivity index (χ0v) is 14.2. The van der Waals surface area contributed by atoms with E-state index in [0.29, 0.717) is 6.07 Å². The molecular weight excluding hydrogens is 383 g/mol. The van der Waals surface area contributed by atoms with Crippen molar-refractivity contribution in [2.45, 2.75) is 11.4 Å². The average molecular weight is 393 g/mol. The molecule has 27 heavy (non-hydrogen) atoms. The molecule has 0 bridgehead atoms. The van der Waals surface area contributed by atoms with Crippen LogP contribution in [0.2, 0.25) is 0 Å². The fraction of sp³-hybridized carbons (Fsp3) is 0.118. The molecule has 6 nitrogen and oxygen atoms in total. The van der Waals surface area contributed by atoms with Crippen LogP contribution < -0.4 is 4.72 Å². The van der Waals surface area contributed by atoms with Gasteiger partial charge < -0.3 is 0 Å². The van der Waals surface area contributed by atoms with Crippen LogP contribution in [0.3, 0.4) is 0 Å². The van der Waals surface area contributed by atoms with Crippen LogP contribution in [0.4, 0.5) is 13.2 Å². The lowest BCUT2D eigenvalue weighted by Crippen LogP contribution is -2.34. The predicted octanol–water partition coefficient (Wildman–Crippen LogP) is 2.90. The third-order valence-corrected chi connectivity index (χ3v) is 4.94. The number of hydrogen-bond donors (Lipinski definition) is 1. The van der Waals surface area contributed by atoms with Crippen LogP contribution in [-0.2, 0) is 16.2 Å². The Labute approximate surface area is 152 Å². The third-order valence-electron chi connectivity index (χ3n) is 3.47. The van der Waals surface area contributed by atoms with Crippen LogP contribution in [-0.4, -0.2) is 14.3 Å². The predicted molar refractivity (Wildman–Crippen MR) is 87.3 cm³/mol. The third kappa shape index (κ3) is 4.43. The van der Waals surface area contributed by atoms with Crippen molar-refractivity contribution in [1.82, 2.24) is 4.72 Å². The minimum absolute atomic E-state index is 0.00595. The van der Waals surface area contributed by atoms with E-state index >= 15 is 0 Å². The lowest BCUT2D eigenvalue weighted by atomic mass is 10.0. The lowest BCUT2D eigenvalue weighted by Gasteiger charge is -2.15. The zero-order valence-electron chi connectivity index (χ0n) is 13.4. The number of nitrogens with one attached hydrogen (secondary N) is 1. The summed E-state index contributed by atoms with van der Waals surface area (Å²) in [6.45, 7) is 0. The minimum atomic E-state index is -4.92. The highest BCUT2D eigenvalue weighted by atomic mass is 32.2. The van der Waals surface area contributed by atoms with Gasteiger partial charge in [0.25, 0.3) is 15.9 Å². The highest BCUT2D eigenvalue weighted by Gasteiger charge is 2.36. The van der Waals surface area contributed by atoms with Gasteiger partial charge in [0.15, 0.2) is 5.25 Å². The van der Waals surface area contributed by atoms with Crippen molar-refractivity contribution in [1.29, 1.82) is 10.5 Å². The summed E-state index contributed by atoms with van der Waals surface area (Å²) in [5.74, 6) is -1.03. The maximum atomic E-state index is 13.1. The quantitative estimate of drug-likeness (QED) is 0.859. The van der Waals surface area contributed by atoms with E-state index in [-0.39, 0.29) is 5.56 Å². The Bertz CT molecular complexity index is 1050. The SMILES string of the molecule is N#Cc1ccc(C(C#N)S(=O)(=O)NC(=O)c2ccccc2)cc1C(F)(F)F. The van der Waals surface area contributed by atoms with Crippen molar-refractivity contribution < 1.29 is 26.4 Å². The highest BCUT2D eigenvalue weighted by molar-refractivity contribution is 7.90. The van der Waals surface area contributed by atoms with E-state index in [1.165, 1.54) is 36.4 Å². The van der Waals surface area contributed by atoms with Crippen LogP contribution in [0.15, 0.2) is 48.5 Å². The van der Waals surface area contributed by atoms with Gasteiger partial charge in [0, 0.05) is 5.56 Å². The number of halogens is 3. The number of hydrogen-bond acceptors (Lipinski definition) is 5. The Morgan fingerprint density at radius 1 is 1.07 bits per heavy atom. The molecule has 0 saturated heterocycles. The first-order valence-corrected chi connectivity index (χ1v) is 8.76. The van der Waals surface area contributed by atoms with Gasteiger partial charge in [-0.2, -0.15) is 23.7 Å². The molecule has 0 spiro atoms. The minimum Gasteiger partial charge on any atom is -0.268 e. The lowest BCUT2D eigenvalue weighted by molar-refractivity contribution is -0.137. The molecule has 1 atom stereocenters. The van der Waals surface area contributed by atoms with E-state index in [0.717, 1.165) is 12.1 Å². The van der Waals surface area contributed by atoms with Crippen LogP contribution >= 0.6 is 0 Å². The molecule has 0 saturated carbocycles. The molecule has 1 N–H and O–H groups in total. The monoisotopic (exact) mass is 393 g/mol. The zero-order chi connectivity index (χ0) is 20.2. The molecule has 0 fully saturated rings. The van der Waals surface area contributed by atoms with E-state index in [9.17, 15) is 31.6 Å². The van der Waals surface area contributed by atoms with Crippen LogP contribution in [0.1, 0.15) is 32.3 Å². The molecule has 0 aromatic heterocycles. The number of nitrogens with zero attached hydrogens (tertiary/aromatic N) is 2. The van der Waals surface area contributed by atoms with Crippen molar-refractivity contribution in [3.05, 3.63) is 70.8 Å². The summed E-state index contributed by atoms with van der Waals surface area (Å²) in [5.41, 5.74) is -2.60. The Morgan fingerprint density at radius 2 is 1.70 bits per heavy atom. The molecule has 2 rings (SSSR count). The second-order valence-electron chi connectivity index (χ2n) is 5.27. The molecule has 1 amide bonds. The fourth-order valence-corrected chi connectivity index (χ4v) is 3.35. The van der Waals surface area contributed by atoms with Crippen LogP contribution in [0, 0.1) is 22.7 Å². The first-order valence-electron chi connectivity index (χ1n) is 7.22. The Morgan fingerprint density at radius 3 is 2.22 bits per heavy atom. The van der Waals surface area contributed by atoms with Crippen molar-refractivity contribution >= 4 is 15.9 Å². The molecule has 138 valence electrons. The molecule has 0 radical (unpaired) electrons. The van der Waals surface area contributed by atoms with Gasteiger partial charge in [-0.3, -0.25) is 4.79 Å². The number of amides is 1. The van der Waals surface area contributed by atoms with E-state index in [2.05, 4.69) is 0 Å². The summed E-state index contributed by atoms with van der Waals surface area (Å²) >= 11 is 0. The van der Waals surface area contributed by atoms with E-state index in [4.69, 9.17) is 5.26 Å². The van der Waals surface area contributed by atoms with E-state index in [1.54, 1.807) is 10.8 Å². The molecule has 10 heteroatoms. The number of rotatable bonds is 4. The summed E-state index contributed by atoms with van der Waals surface area (Å²) < 4.78 is 65.6. The molecule has 0 aliphatic heterocycles. The van der Waals surface area contributed by atoms with Crippen LogP contribution in [0.5, 0.6) is 0 Å². The van der Waals surface area contributed by atoms with Gasteiger partial charge in [-0.25, -0.2) is 13.1 Å². The van der Waals surface area contributed by atoms with Crippen molar-refractivity contribution in [3.8, 4) is 12.1 Å². The van der Waals surface area contributed by atoms with Gasteiger partial charge >= 0.3 is 6.18 Å². The summed E-state index contributed by atoms with van der Waals surface area (Å²) in [6.07, 6.45) is -4.92. The summed E-state index contributed by atoms with van der Waals surface area (Å²) in [7, 11) is -4.67. The van der Waals surface area contributed by atoms with Crippen molar-refractivity contribution in [2.75, 3.05) is 0 Å². The van der Waals surface area contributed by atoms with Gasteiger partial charge in [0.05, 0.1) is 23.3 Å². The largest absolute Gasteiger partial charge is 0.417 e. The molecule has 1 unspecified atom stereocenters. The second-order valence-corrected chi connectivity index (χ2v) is 7.03. The average Bonchev–Trinajstić information content (AvgIpc) is 2.61. The highest BCUT2D eigenvalue weighted by Crippen LogP contribution is 2.34. The fourth-order valence-electron chi connectivity index (χ4n) is 2.22. The summed E-state index contributed by atoms with van der Waals surface area (Å²) in [5, 5.41) is 15.9. The van der Waals surface area contributed by atoms with Gasteiger partial charge in [-0.1, -0.05) is 24.3 Å². The standard InChI is InChI=1S/C17H10F3N3O3S/c18-17(19,20)14-8-12(6-7-13(14)9-21)15(10-22)27(25,26)23-16(24)11-4-2-1-3-5-11/h1-8,15H,(H,23,24). The number of carbonyl (C=O) groups is 1.